The number of hydrogen-bond acceptors (Lipinski definition) is 4. The third-order valence-electron chi connectivity index (χ3n) is 4.16. The molecule has 27 heavy (non-hydrogen) atoms. The van der Waals surface area contributed by atoms with Crippen molar-refractivity contribution in [3.63, 3.8) is 0 Å². The van der Waals surface area contributed by atoms with Gasteiger partial charge in [0.1, 0.15) is 6.61 Å². The predicted molar refractivity (Wildman–Crippen MR) is 101 cm³/mol. The lowest BCUT2D eigenvalue weighted by molar-refractivity contribution is 0.191. The van der Waals surface area contributed by atoms with Gasteiger partial charge in [-0.15, -0.1) is 0 Å². The maximum absolute atomic E-state index is 13.4. The van der Waals surface area contributed by atoms with Gasteiger partial charge in [-0.2, -0.15) is 0 Å². The van der Waals surface area contributed by atoms with Crippen LogP contribution in [0.1, 0.15) is 18.5 Å². The van der Waals surface area contributed by atoms with Gasteiger partial charge in [-0.3, -0.25) is 0 Å². The first-order chi connectivity index (χ1) is 12.7. The van der Waals surface area contributed by atoms with Gasteiger partial charge < -0.3 is 15.0 Å². The second-order valence-electron chi connectivity index (χ2n) is 6.14. The van der Waals surface area contributed by atoms with E-state index in [1.165, 1.54) is 29.2 Å². The molecule has 2 aromatic rings. The summed E-state index contributed by atoms with van der Waals surface area (Å²) in [6, 6.07) is 11.9. The fourth-order valence-electron chi connectivity index (χ4n) is 2.40. The van der Waals surface area contributed by atoms with Crippen molar-refractivity contribution in [2.75, 3.05) is 26.5 Å². The van der Waals surface area contributed by atoms with Crippen molar-refractivity contribution >= 4 is 15.9 Å². The topological polar surface area (TPSA) is 75.7 Å². The molecule has 0 aliphatic carbocycles. The molecule has 0 radical (unpaired) electrons. The highest BCUT2D eigenvalue weighted by atomic mass is 32.2. The van der Waals surface area contributed by atoms with Gasteiger partial charge in [-0.05, 0) is 36.8 Å². The Kier molecular flexibility index (Phi) is 6.79. The summed E-state index contributed by atoms with van der Waals surface area (Å²) < 4.78 is 41.8. The Labute approximate surface area is 158 Å². The molecule has 0 spiro atoms. The second-order valence-corrected chi connectivity index (χ2v) is 8.15. The number of amides is 2. The van der Waals surface area contributed by atoms with Gasteiger partial charge in [0.25, 0.3) is 0 Å². The summed E-state index contributed by atoms with van der Waals surface area (Å²) in [5.41, 5.74) is 0.808. The van der Waals surface area contributed by atoms with E-state index < -0.39 is 15.7 Å². The highest BCUT2D eigenvalue weighted by molar-refractivity contribution is 7.90. The Hall–Kier alpha value is -2.61. The number of benzene rings is 2. The molecule has 0 heterocycles. The minimum Gasteiger partial charge on any atom is -0.489 e. The zero-order chi connectivity index (χ0) is 20.0. The molecule has 0 saturated carbocycles. The van der Waals surface area contributed by atoms with Crippen LogP contribution in [-0.4, -0.2) is 45.8 Å². The molecule has 6 nitrogen and oxygen atoms in total. The van der Waals surface area contributed by atoms with Crippen LogP contribution in [0, 0.1) is 5.82 Å². The van der Waals surface area contributed by atoms with Crippen LogP contribution in [-0.2, 0) is 9.84 Å². The van der Waals surface area contributed by atoms with Gasteiger partial charge in [-0.1, -0.05) is 24.3 Å². The number of carbonyl (C=O) groups is 1. The Morgan fingerprint density at radius 2 is 1.81 bits per heavy atom. The lowest BCUT2D eigenvalue weighted by Gasteiger charge is -2.25. The monoisotopic (exact) mass is 394 g/mol. The first-order valence-electron chi connectivity index (χ1n) is 8.38. The lowest BCUT2D eigenvalue weighted by Crippen LogP contribution is -2.40. The lowest BCUT2D eigenvalue weighted by atomic mass is 10.1. The smallest absolute Gasteiger partial charge is 0.317 e. The van der Waals surface area contributed by atoms with Crippen molar-refractivity contribution in [2.45, 2.75) is 17.9 Å². The number of rotatable bonds is 7. The minimum atomic E-state index is -3.26. The molecule has 0 fully saturated rings. The van der Waals surface area contributed by atoms with Crippen LogP contribution in [0.2, 0.25) is 0 Å². The predicted octanol–water partition coefficient (Wildman–Crippen LogP) is 3.01. The highest BCUT2D eigenvalue weighted by Gasteiger charge is 2.18. The first kappa shape index (κ1) is 20.7. The van der Waals surface area contributed by atoms with Gasteiger partial charge in [0.2, 0.25) is 0 Å². The number of halogens is 1. The third kappa shape index (κ3) is 5.68. The number of para-hydroxylation sites is 1. The zero-order valence-electron chi connectivity index (χ0n) is 15.5. The van der Waals surface area contributed by atoms with Crippen molar-refractivity contribution in [1.29, 1.82) is 0 Å². The van der Waals surface area contributed by atoms with E-state index in [9.17, 15) is 17.6 Å². The second kappa shape index (κ2) is 8.85. The maximum Gasteiger partial charge on any atom is 0.317 e. The van der Waals surface area contributed by atoms with E-state index in [1.54, 1.807) is 31.3 Å². The molecule has 2 rings (SSSR count). The molecule has 146 valence electrons. The van der Waals surface area contributed by atoms with Crippen molar-refractivity contribution in [3.8, 4) is 5.75 Å². The summed E-state index contributed by atoms with van der Waals surface area (Å²) in [5.74, 6) is -0.313. The molecule has 8 heteroatoms. The molecule has 0 aliphatic rings. The molecular weight excluding hydrogens is 371 g/mol. The third-order valence-corrected chi connectivity index (χ3v) is 5.29. The van der Waals surface area contributed by atoms with E-state index in [2.05, 4.69) is 5.32 Å². The fourth-order valence-corrected chi connectivity index (χ4v) is 3.03. The molecule has 0 aliphatic heterocycles. The van der Waals surface area contributed by atoms with Crippen LogP contribution in [0.5, 0.6) is 5.75 Å². The number of carbonyl (C=O) groups excluding carboxylic acids is 1. The van der Waals surface area contributed by atoms with Gasteiger partial charge in [0.15, 0.2) is 21.4 Å². The van der Waals surface area contributed by atoms with Gasteiger partial charge in [-0.25, -0.2) is 17.6 Å². The molecule has 1 N–H and O–H groups in total. The number of ether oxygens (including phenoxy) is 1. The number of hydrogen-bond donors (Lipinski definition) is 1. The van der Waals surface area contributed by atoms with E-state index >= 15 is 0 Å². The van der Waals surface area contributed by atoms with Gasteiger partial charge in [0, 0.05) is 13.3 Å². The van der Waals surface area contributed by atoms with Crippen molar-refractivity contribution in [1.82, 2.24) is 10.2 Å². The molecule has 1 atom stereocenters. The van der Waals surface area contributed by atoms with E-state index in [4.69, 9.17) is 4.74 Å². The zero-order valence-corrected chi connectivity index (χ0v) is 16.3. The number of nitrogens with one attached hydrogen (secondary N) is 1. The van der Waals surface area contributed by atoms with Crippen LogP contribution in [0.4, 0.5) is 9.18 Å². The van der Waals surface area contributed by atoms with E-state index in [-0.39, 0.29) is 35.9 Å². The van der Waals surface area contributed by atoms with E-state index in [0.717, 1.165) is 11.8 Å². The standard InChI is InChI=1S/C19H23FN2O4S/c1-14(15-8-10-16(11-9-15)27(3,24)25)22(2)19(23)21-12-13-26-18-7-5-4-6-17(18)20/h4-11,14H,12-13H2,1-3H3,(H,21,23)/t14-/m0/s1. The molecule has 0 aromatic heterocycles. The normalized spacial score (nSPS) is 12.3. The average molecular weight is 394 g/mol. The van der Waals surface area contributed by atoms with Crippen LogP contribution < -0.4 is 10.1 Å². The summed E-state index contributed by atoms with van der Waals surface area (Å²) in [6.45, 7) is 2.19. The van der Waals surface area contributed by atoms with Crippen LogP contribution in [0.3, 0.4) is 0 Å². The molecule has 2 aromatic carbocycles. The van der Waals surface area contributed by atoms with E-state index in [1.807, 2.05) is 6.92 Å². The molecular formula is C19H23FN2O4S. The van der Waals surface area contributed by atoms with Crippen molar-refractivity contribution < 1.29 is 22.3 Å². The van der Waals surface area contributed by atoms with Crippen LogP contribution in [0.15, 0.2) is 53.4 Å². The Morgan fingerprint density at radius 1 is 1.19 bits per heavy atom. The van der Waals surface area contributed by atoms with Crippen LogP contribution >= 0.6 is 0 Å². The van der Waals surface area contributed by atoms with Crippen molar-refractivity contribution in [2.24, 2.45) is 0 Å². The highest BCUT2D eigenvalue weighted by Crippen LogP contribution is 2.21. The number of urea groups is 1. The minimum absolute atomic E-state index is 0.137. The van der Waals surface area contributed by atoms with Crippen LogP contribution in [0.25, 0.3) is 0 Å². The number of nitrogens with zero attached hydrogens (tertiary/aromatic N) is 1. The summed E-state index contributed by atoms with van der Waals surface area (Å²) in [5, 5.41) is 2.70. The molecule has 2 amide bonds. The average Bonchev–Trinajstić information content (AvgIpc) is 2.64. The fraction of sp³-hybridized carbons (Fsp3) is 0.316. The number of sulfone groups is 1. The Balaban J connectivity index is 1.86. The Bertz CT molecular complexity index is 885. The van der Waals surface area contributed by atoms with E-state index in [0.29, 0.717) is 0 Å². The summed E-state index contributed by atoms with van der Waals surface area (Å²) in [4.78, 5) is 14.0. The summed E-state index contributed by atoms with van der Waals surface area (Å²) >= 11 is 0. The van der Waals surface area contributed by atoms with Gasteiger partial charge in [0.05, 0.1) is 17.5 Å². The SMILES string of the molecule is C[C@@H](c1ccc(S(C)(=O)=O)cc1)N(C)C(=O)NCCOc1ccccc1F. The Morgan fingerprint density at radius 3 is 2.41 bits per heavy atom. The van der Waals surface area contributed by atoms with Crippen molar-refractivity contribution in [3.05, 3.63) is 59.9 Å². The quantitative estimate of drug-likeness (QED) is 0.733. The molecule has 0 saturated heterocycles. The molecule has 0 unspecified atom stereocenters. The maximum atomic E-state index is 13.4. The summed E-state index contributed by atoms with van der Waals surface area (Å²) in [6.07, 6.45) is 1.15. The van der Waals surface area contributed by atoms with Gasteiger partial charge >= 0.3 is 6.03 Å². The summed E-state index contributed by atoms with van der Waals surface area (Å²) in [7, 11) is -1.62. The largest absolute Gasteiger partial charge is 0.489 e. The first-order valence-corrected chi connectivity index (χ1v) is 10.3. The molecule has 0 bridgehead atoms.